The van der Waals surface area contributed by atoms with E-state index >= 15 is 0 Å². The van der Waals surface area contributed by atoms with Crippen molar-refractivity contribution in [1.82, 2.24) is 4.90 Å². The number of hydrogen-bond donors (Lipinski definition) is 0. The highest BCUT2D eigenvalue weighted by Gasteiger charge is 2.32. The number of rotatable bonds is 1. The summed E-state index contributed by atoms with van der Waals surface area (Å²) in [6.45, 7) is 9.86. The minimum Gasteiger partial charge on any atom is -0.342 e. The van der Waals surface area contributed by atoms with Crippen LogP contribution in [-0.4, -0.2) is 29.8 Å². The SMILES string of the molecule is CC1CC(CCl)CN(C(=O)C(C)(C)C)C1. The van der Waals surface area contributed by atoms with E-state index in [0.717, 1.165) is 19.5 Å². The predicted molar refractivity (Wildman–Crippen MR) is 64.0 cm³/mol. The van der Waals surface area contributed by atoms with Gasteiger partial charge in [0.25, 0.3) is 0 Å². The highest BCUT2D eigenvalue weighted by Crippen LogP contribution is 2.26. The fraction of sp³-hybridized carbons (Fsp3) is 0.917. The number of likely N-dealkylation sites (tertiary alicyclic amines) is 1. The molecule has 1 saturated heterocycles. The molecule has 2 unspecified atom stereocenters. The zero-order valence-corrected chi connectivity index (χ0v) is 11.0. The summed E-state index contributed by atoms with van der Waals surface area (Å²) < 4.78 is 0. The Bertz CT molecular complexity index is 234. The lowest BCUT2D eigenvalue weighted by Gasteiger charge is -2.38. The Labute approximate surface area is 98.0 Å². The van der Waals surface area contributed by atoms with Crippen molar-refractivity contribution in [2.24, 2.45) is 17.3 Å². The second-order valence-electron chi connectivity index (χ2n) is 5.82. The molecule has 1 amide bonds. The van der Waals surface area contributed by atoms with E-state index in [0.29, 0.717) is 17.7 Å². The molecule has 0 aromatic heterocycles. The second kappa shape index (κ2) is 4.73. The maximum Gasteiger partial charge on any atom is 0.227 e. The average molecular weight is 232 g/mol. The molecule has 0 aliphatic carbocycles. The van der Waals surface area contributed by atoms with Crippen LogP contribution in [0.15, 0.2) is 0 Å². The lowest BCUT2D eigenvalue weighted by molar-refractivity contribution is -0.142. The van der Waals surface area contributed by atoms with Crippen LogP contribution in [0.5, 0.6) is 0 Å². The van der Waals surface area contributed by atoms with E-state index in [9.17, 15) is 4.79 Å². The van der Waals surface area contributed by atoms with Crippen LogP contribution in [0.1, 0.15) is 34.1 Å². The summed E-state index contributed by atoms with van der Waals surface area (Å²) in [7, 11) is 0. The Morgan fingerprint density at radius 1 is 1.40 bits per heavy atom. The molecule has 1 aliphatic heterocycles. The van der Waals surface area contributed by atoms with Gasteiger partial charge in [-0.2, -0.15) is 0 Å². The van der Waals surface area contributed by atoms with Crippen molar-refractivity contribution in [1.29, 1.82) is 0 Å². The summed E-state index contributed by atoms with van der Waals surface area (Å²) in [6, 6.07) is 0. The van der Waals surface area contributed by atoms with Crippen LogP contribution in [-0.2, 0) is 4.79 Å². The standard InChI is InChI=1S/C12H22ClNO/c1-9-5-10(6-13)8-14(7-9)11(15)12(2,3)4/h9-10H,5-8H2,1-4H3. The van der Waals surface area contributed by atoms with Gasteiger partial charge in [0.15, 0.2) is 0 Å². The van der Waals surface area contributed by atoms with E-state index in [1.165, 1.54) is 0 Å². The van der Waals surface area contributed by atoms with Crippen molar-refractivity contribution < 1.29 is 4.79 Å². The van der Waals surface area contributed by atoms with Crippen molar-refractivity contribution in [3.63, 3.8) is 0 Å². The van der Waals surface area contributed by atoms with Gasteiger partial charge in [0.2, 0.25) is 5.91 Å². The maximum absolute atomic E-state index is 12.1. The molecular formula is C12H22ClNO. The molecule has 0 bridgehead atoms. The fourth-order valence-electron chi connectivity index (χ4n) is 2.23. The summed E-state index contributed by atoms with van der Waals surface area (Å²) in [5, 5.41) is 0. The van der Waals surface area contributed by atoms with Gasteiger partial charge in [0, 0.05) is 24.4 Å². The van der Waals surface area contributed by atoms with E-state index < -0.39 is 0 Å². The van der Waals surface area contributed by atoms with Crippen LogP contribution < -0.4 is 0 Å². The van der Waals surface area contributed by atoms with Crippen molar-refractivity contribution >= 4 is 17.5 Å². The fourth-order valence-corrected chi connectivity index (χ4v) is 2.46. The summed E-state index contributed by atoms with van der Waals surface area (Å²) in [4.78, 5) is 14.1. The molecule has 0 radical (unpaired) electrons. The molecule has 0 N–H and O–H groups in total. The van der Waals surface area contributed by atoms with Gasteiger partial charge < -0.3 is 4.90 Å². The van der Waals surface area contributed by atoms with Gasteiger partial charge >= 0.3 is 0 Å². The molecule has 1 rings (SSSR count). The van der Waals surface area contributed by atoms with E-state index in [-0.39, 0.29) is 11.3 Å². The third-order valence-electron chi connectivity index (χ3n) is 2.89. The quantitative estimate of drug-likeness (QED) is 0.636. The van der Waals surface area contributed by atoms with E-state index in [1.54, 1.807) is 0 Å². The molecule has 88 valence electrons. The summed E-state index contributed by atoms with van der Waals surface area (Å²) in [5.74, 6) is 1.97. The predicted octanol–water partition coefficient (Wildman–Crippen LogP) is 2.76. The van der Waals surface area contributed by atoms with Crippen molar-refractivity contribution in [3.05, 3.63) is 0 Å². The van der Waals surface area contributed by atoms with Gasteiger partial charge in [-0.1, -0.05) is 27.7 Å². The van der Waals surface area contributed by atoms with Crippen LogP contribution >= 0.6 is 11.6 Å². The summed E-state index contributed by atoms with van der Waals surface area (Å²) in [6.07, 6.45) is 1.15. The largest absolute Gasteiger partial charge is 0.342 e. The molecule has 1 heterocycles. The zero-order valence-electron chi connectivity index (χ0n) is 10.2. The Balaban J connectivity index is 2.66. The molecule has 0 aromatic carbocycles. The van der Waals surface area contributed by atoms with Gasteiger partial charge in [-0.05, 0) is 18.3 Å². The van der Waals surface area contributed by atoms with Crippen LogP contribution in [0.25, 0.3) is 0 Å². The number of alkyl halides is 1. The number of hydrogen-bond acceptors (Lipinski definition) is 1. The van der Waals surface area contributed by atoms with Crippen LogP contribution in [0.3, 0.4) is 0 Å². The monoisotopic (exact) mass is 231 g/mol. The Morgan fingerprint density at radius 2 is 2.00 bits per heavy atom. The zero-order chi connectivity index (χ0) is 11.6. The Morgan fingerprint density at radius 3 is 2.47 bits per heavy atom. The minimum absolute atomic E-state index is 0.254. The topological polar surface area (TPSA) is 20.3 Å². The van der Waals surface area contributed by atoms with Gasteiger partial charge in [0.1, 0.15) is 0 Å². The summed E-state index contributed by atoms with van der Waals surface area (Å²) >= 11 is 5.89. The van der Waals surface area contributed by atoms with Crippen LogP contribution in [0, 0.1) is 17.3 Å². The van der Waals surface area contributed by atoms with Gasteiger partial charge in [-0.3, -0.25) is 4.79 Å². The highest BCUT2D eigenvalue weighted by molar-refractivity contribution is 6.18. The van der Waals surface area contributed by atoms with Crippen molar-refractivity contribution in [3.8, 4) is 0 Å². The lowest BCUT2D eigenvalue weighted by atomic mass is 9.88. The van der Waals surface area contributed by atoms with Gasteiger partial charge in [0.05, 0.1) is 0 Å². The second-order valence-corrected chi connectivity index (χ2v) is 6.13. The lowest BCUT2D eigenvalue weighted by Crippen LogP contribution is -2.48. The normalized spacial score (nSPS) is 27.9. The number of nitrogens with zero attached hydrogens (tertiary/aromatic N) is 1. The van der Waals surface area contributed by atoms with E-state index in [4.69, 9.17) is 11.6 Å². The van der Waals surface area contributed by atoms with Crippen molar-refractivity contribution in [2.75, 3.05) is 19.0 Å². The van der Waals surface area contributed by atoms with Crippen molar-refractivity contribution in [2.45, 2.75) is 34.1 Å². The number of piperidine rings is 1. The third kappa shape index (κ3) is 3.37. The first-order chi connectivity index (χ1) is 6.84. The van der Waals surface area contributed by atoms with Crippen LogP contribution in [0.2, 0.25) is 0 Å². The van der Waals surface area contributed by atoms with Gasteiger partial charge in [-0.15, -0.1) is 11.6 Å². The first-order valence-corrected chi connectivity index (χ1v) is 6.23. The molecule has 0 spiro atoms. The molecule has 0 saturated carbocycles. The van der Waals surface area contributed by atoms with E-state index in [2.05, 4.69) is 6.92 Å². The van der Waals surface area contributed by atoms with Crippen LogP contribution in [0.4, 0.5) is 0 Å². The smallest absolute Gasteiger partial charge is 0.227 e. The third-order valence-corrected chi connectivity index (χ3v) is 3.33. The van der Waals surface area contributed by atoms with Gasteiger partial charge in [-0.25, -0.2) is 0 Å². The Kier molecular flexibility index (Phi) is 4.05. The molecular weight excluding hydrogens is 210 g/mol. The minimum atomic E-state index is -0.270. The highest BCUT2D eigenvalue weighted by atomic mass is 35.5. The van der Waals surface area contributed by atoms with E-state index in [1.807, 2.05) is 25.7 Å². The molecule has 1 fully saturated rings. The first kappa shape index (κ1) is 12.8. The number of halogens is 1. The molecule has 2 atom stereocenters. The molecule has 15 heavy (non-hydrogen) atoms. The first-order valence-electron chi connectivity index (χ1n) is 5.70. The molecule has 2 nitrogen and oxygen atoms in total. The molecule has 0 aromatic rings. The maximum atomic E-state index is 12.1. The summed E-state index contributed by atoms with van der Waals surface area (Å²) in [5.41, 5.74) is -0.270. The molecule has 1 aliphatic rings. The average Bonchev–Trinajstić information content (AvgIpc) is 2.14. The number of carbonyl (C=O) groups is 1. The number of carbonyl (C=O) groups excluding carboxylic acids is 1. The molecule has 3 heteroatoms. The Hall–Kier alpha value is -0.240. The number of amides is 1.